The highest BCUT2D eigenvalue weighted by molar-refractivity contribution is 6.33. The minimum atomic E-state index is -1.01. The minimum Gasteiger partial charge on any atom is -0.385 e. The summed E-state index contributed by atoms with van der Waals surface area (Å²) in [4.78, 5) is 15.7. The fourth-order valence-electron chi connectivity index (χ4n) is 1.88. The smallest absolute Gasteiger partial charge is 0.254 e. The second-order valence-electron chi connectivity index (χ2n) is 4.40. The SMILES string of the molecule is CC1OCCC1(O)CNC(=O)c1cnccc1Cl. The number of pyridine rings is 1. The molecular formula is C12H15ClN2O3. The van der Waals surface area contributed by atoms with Crippen LogP contribution in [0.1, 0.15) is 23.7 Å². The molecule has 6 heteroatoms. The Hall–Kier alpha value is -1.17. The zero-order valence-electron chi connectivity index (χ0n) is 10.0. The van der Waals surface area contributed by atoms with Crippen LogP contribution in [-0.2, 0) is 4.74 Å². The molecule has 0 aliphatic carbocycles. The van der Waals surface area contributed by atoms with Crippen molar-refractivity contribution in [3.05, 3.63) is 29.0 Å². The van der Waals surface area contributed by atoms with Crippen LogP contribution in [0.2, 0.25) is 5.02 Å². The first-order valence-electron chi connectivity index (χ1n) is 5.74. The summed E-state index contributed by atoms with van der Waals surface area (Å²) in [5, 5.41) is 13.2. The van der Waals surface area contributed by atoms with Crippen molar-refractivity contribution in [2.24, 2.45) is 0 Å². The first-order chi connectivity index (χ1) is 8.53. The molecule has 2 atom stereocenters. The van der Waals surface area contributed by atoms with Crippen LogP contribution in [0.5, 0.6) is 0 Å². The molecular weight excluding hydrogens is 256 g/mol. The number of rotatable bonds is 3. The summed E-state index contributed by atoms with van der Waals surface area (Å²) in [6.07, 6.45) is 3.13. The fraction of sp³-hybridized carbons (Fsp3) is 0.500. The van der Waals surface area contributed by atoms with Crippen molar-refractivity contribution in [1.29, 1.82) is 0 Å². The van der Waals surface area contributed by atoms with E-state index in [4.69, 9.17) is 16.3 Å². The Morgan fingerprint density at radius 3 is 3.17 bits per heavy atom. The summed E-state index contributed by atoms with van der Waals surface area (Å²) in [5.74, 6) is -0.347. The Labute approximate surface area is 110 Å². The van der Waals surface area contributed by atoms with Crippen molar-refractivity contribution in [3.63, 3.8) is 0 Å². The number of aliphatic hydroxyl groups is 1. The Morgan fingerprint density at radius 2 is 2.56 bits per heavy atom. The maximum atomic E-state index is 11.9. The summed E-state index contributed by atoms with van der Waals surface area (Å²) in [7, 11) is 0. The molecule has 18 heavy (non-hydrogen) atoms. The zero-order chi connectivity index (χ0) is 13.2. The lowest BCUT2D eigenvalue weighted by Gasteiger charge is -2.26. The average Bonchev–Trinajstić information content (AvgIpc) is 2.68. The molecule has 1 amide bonds. The summed E-state index contributed by atoms with van der Waals surface area (Å²) in [5.41, 5.74) is -0.709. The van der Waals surface area contributed by atoms with Gasteiger partial charge in [0.05, 0.1) is 16.7 Å². The number of halogens is 1. The Balaban J connectivity index is 1.99. The molecule has 0 spiro atoms. The lowest BCUT2D eigenvalue weighted by atomic mass is 9.96. The van der Waals surface area contributed by atoms with Gasteiger partial charge in [-0.15, -0.1) is 0 Å². The molecule has 0 bridgehead atoms. The van der Waals surface area contributed by atoms with Gasteiger partial charge in [-0.2, -0.15) is 0 Å². The van der Waals surface area contributed by atoms with E-state index in [0.29, 0.717) is 23.6 Å². The second-order valence-corrected chi connectivity index (χ2v) is 4.81. The summed E-state index contributed by atoms with van der Waals surface area (Å²) in [6.45, 7) is 2.43. The molecule has 1 saturated heterocycles. The first kappa shape index (κ1) is 13.3. The van der Waals surface area contributed by atoms with Crippen molar-refractivity contribution < 1.29 is 14.6 Å². The van der Waals surface area contributed by atoms with E-state index in [1.54, 1.807) is 13.0 Å². The highest BCUT2D eigenvalue weighted by atomic mass is 35.5. The van der Waals surface area contributed by atoms with Gasteiger partial charge in [-0.25, -0.2) is 0 Å². The van der Waals surface area contributed by atoms with Crippen LogP contribution in [0, 0.1) is 0 Å². The van der Waals surface area contributed by atoms with Gasteiger partial charge in [0, 0.05) is 32.0 Å². The minimum absolute atomic E-state index is 0.137. The van der Waals surface area contributed by atoms with Gasteiger partial charge in [0.2, 0.25) is 0 Å². The number of nitrogens with one attached hydrogen (secondary N) is 1. The van der Waals surface area contributed by atoms with E-state index in [2.05, 4.69) is 10.3 Å². The van der Waals surface area contributed by atoms with Crippen LogP contribution in [0.15, 0.2) is 18.5 Å². The van der Waals surface area contributed by atoms with Gasteiger partial charge in [0.1, 0.15) is 5.60 Å². The van der Waals surface area contributed by atoms with E-state index in [0.717, 1.165) is 0 Å². The Kier molecular flexibility index (Phi) is 3.85. The Morgan fingerprint density at radius 1 is 1.78 bits per heavy atom. The Bertz CT molecular complexity index is 455. The quantitative estimate of drug-likeness (QED) is 0.860. The molecule has 5 nitrogen and oxygen atoms in total. The van der Waals surface area contributed by atoms with Gasteiger partial charge in [0.25, 0.3) is 5.91 Å². The normalized spacial score (nSPS) is 27.2. The molecule has 0 radical (unpaired) electrons. The molecule has 2 N–H and O–H groups in total. The molecule has 2 rings (SSSR count). The van der Waals surface area contributed by atoms with Gasteiger partial charge in [-0.05, 0) is 13.0 Å². The van der Waals surface area contributed by atoms with Gasteiger partial charge >= 0.3 is 0 Å². The molecule has 1 aliphatic heterocycles. The van der Waals surface area contributed by atoms with Gasteiger partial charge in [-0.1, -0.05) is 11.6 Å². The maximum absolute atomic E-state index is 11.9. The number of nitrogens with zero attached hydrogens (tertiary/aromatic N) is 1. The number of hydrogen-bond acceptors (Lipinski definition) is 4. The van der Waals surface area contributed by atoms with Crippen LogP contribution in [0.3, 0.4) is 0 Å². The van der Waals surface area contributed by atoms with Crippen LogP contribution in [0.25, 0.3) is 0 Å². The van der Waals surface area contributed by atoms with Crippen LogP contribution in [0.4, 0.5) is 0 Å². The largest absolute Gasteiger partial charge is 0.385 e. The van der Waals surface area contributed by atoms with Gasteiger partial charge < -0.3 is 15.2 Å². The van der Waals surface area contributed by atoms with Crippen LogP contribution in [-0.4, -0.2) is 40.9 Å². The van der Waals surface area contributed by atoms with Gasteiger partial charge in [0.15, 0.2) is 0 Å². The van der Waals surface area contributed by atoms with E-state index < -0.39 is 5.60 Å². The molecule has 1 fully saturated rings. The molecule has 1 aromatic rings. The maximum Gasteiger partial charge on any atom is 0.254 e. The van der Waals surface area contributed by atoms with E-state index in [1.165, 1.54) is 12.4 Å². The molecule has 1 aliphatic rings. The monoisotopic (exact) mass is 270 g/mol. The lowest BCUT2D eigenvalue weighted by Crippen LogP contribution is -2.47. The fourth-order valence-corrected chi connectivity index (χ4v) is 2.07. The predicted octanol–water partition coefficient (Wildman–Crippen LogP) is 1.00. The average molecular weight is 271 g/mol. The second kappa shape index (κ2) is 5.22. The highest BCUT2D eigenvalue weighted by Crippen LogP contribution is 2.25. The zero-order valence-corrected chi connectivity index (χ0v) is 10.8. The molecule has 2 heterocycles. The van der Waals surface area contributed by atoms with E-state index in [9.17, 15) is 9.90 Å². The summed E-state index contributed by atoms with van der Waals surface area (Å²) < 4.78 is 5.29. The molecule has 1 aromatic heterocycles. The van der Waals surface area contributed by atoms with E-state index in [-0.39, 0.29) is 18.6 Å². The third kappa shape index (κ3) is 2.63. The summed E-state index contributed by atoms with van der Waals surface area (Å²) >= 11 is 5.89. The van der Waals surface area contributed by atoms with E-state index in [1.807, 2.05) is 0 Å². The third-order valence-electron chi connectivity index (χ3n) is 3.23. The van der Waals surface area contributed by atoms with Crippen molar-refractivity contribution in [2.75, 3.05) is 13.2 Å². The lowest BCUT2D eigenvalue weighted by molar-refractivity contribution is -0.0251. The molecule has 98 valence electrons. The van der Waals surface area contributed by atoms with Crippen LogP contribution >= 0.6 is 11.6 Å². The molecule has 0 aromatic carbocycles. The molecule has 0 saturated carbocycles. The van der Waals surface area contributed by atoms with Gasteiger partial charge in [-0.3, -0.25) is 9.78 Å². The van der Waals surface area contributed by atoms with Crippen molar-refractivity contribution in [3.8, 4) is 0 Å². The third-order valence-corrected chi connectivity index (χ3v) is 3.56. The predicted molar refractivity (Wildman–Crippen MR) is 66.6 cm³/mol. The van der Waals surface area contributed by atoms with E-state index >= 15 is 0 Å². The topological polar surface area (TPSA) is 71.5 Å². The number of ether oxygens (including phenoxy) is 1. The number of hydrogen-bond donors (Lipinski definition) is 2. The highest BCUT2D eigenvalue weighted by Gasteiger charge is 2.39. The van der Waals surface area contributed by atoms with Crippen molar-refractivity contribution in [2.45, 2.75) is 25.0 Å². The summed E-state index contributed by atoms with van der Waals surface area (Å²) in [6, 6.07) is 1.55. The first-order valence-corrected chi connectivity index (χ1v) is 6.12. The van der Waals surface area contributed by atoms with Crippen LogP contribution < -0.4 is 5.32 Å². The number of aromatic nitrogens is 1. The number of amides is 1. The standard InChI is InChI=1S/C12H15ClN2O3/c1-8-12(17,3-5-18-8)7-15-11(16)9-6-14-4-2-10(9)13/h2,4,6,8,17H,3,5,7H2,1H3,(H,15,16). The number of carbonyl (C=O) groups excluding carboxylic acids is 1. The number of carbonyl (C=O) groups is 1. The van der Waals surface area contributed by atoms with Crippen molar-refractivity contribution >= 4 is 17.5 Å². The molecule has 2 unspecified atom stereocenters. The van der Waals surface area contributed by atoms with Crippen molar-refractivity contribution in [1.82, 2.24) is 10.3 Å².